The minimum Gasteiger partial charge on any atom is -0.273 e. The van der Waals surface area contributed by atoms with Crippen molar-refractivity contribution in [3.63, 3.8) is 0 Å². The Hall–Kier alpha value is -1.30. The van der Waals surface area contributed by atoms with E-state index in [4.69, 9.17) is 5.84 Å². The molecule has 0 aliphatic carbocycles. The number of nitrogens with zero attached hydrogens (tertiary/aromatic N) is 2. The second kappa shape index (κ2) is 7.33. The summed E-state index contributed by atoms with van der Waals surface area (Å²) in [6.07, 6.45) is 3.83. The smallest absolute Gasteiger partial charge is 0.0492 e. The fourth-order valence-electron chi connectivity index (χ4n) is 1.90. The third-order valence-corrected chi connectivity index (χ3v) is 4.28. The molecule has 1 aromatic heterocycles. The van der Waals surface area contributed by atoms with Gasteiger partial charge in [0.25, 0.3) is 0 Å². The zero-order valence-corrected chi connectivity index (χ0v) is 11.9. The van der Waals surface area contributed by atoms with Crippen molar-refractivity contribution in [3.8, 4) is 0 Å². The number of hydrazine groups is 1. The van der Waals surface area contributed by atoms with E-state index in [0.29, 0.717) is 6.04 Å². The maximum absolute atomic E-state index is 5.63. The van der Waals surface area contributed by atoms with Crippen LogP contribution in [0.1, 0.15) is 12.1 Å². The SMILES string of the molecule is Cn1nccc1CCC(CSc1ccccc1)NN. The lowest BCUT2D eigenvalue weighted by molar-refractivity contribution is 0.528. The van der Waals surface area contributed by atoms with Crippen molar-refractivity contribution >= 4 is 11.8 Å². The molecule has 1 unspecified atom stereocenters. The van der Waals surface area contributed by atoms with Crippen molar-refractivity contribution in [1.82, 2.24) is 15.2 Å². The highest BCUT2D eigenvalue weighted by Crippen LogP contribution is 2.19. The van der Waals surface area contributed by atoms with Gasteiger partial charge in [-0.05, 0) is 31.0 Å². The van der Waals surface area contributed by atoms with Crippen LogP contribution in [-0.2, 0) is 13.5 Å². The van der Waals surface area contributed by atoms with Crippen molar-refractivity contribution in [3.05, 3.63) is 48.3 Å². The third kappa shape index (κ3) is 4.38. The first-order valence-corrected chi connectivity index (χ1v) is 7.39. The Morgan fingerprint density at radius 1 is 1.32 bits per heavy atom. The van der Waals surface area contributed by atoms with Crippen molar-refractivity contribution in [1.29, 1.82) is 0 Å². The van der Waals surface area contributed by atoms with Crippen LogP contribution in [0.3, 0.4) is 0 Å². The molecule has 1 aromatic carbocycles. The molecule has 0 radical (unpaired) electrons. The average molecular weight is 276 g/mol. The topological polar surface area (TPSA) is 55.9 Å². The number of benzene rings is 1. The van der Waals surface area contributed by atoms with E-state index in [-0.39, 0.29) is 0 Å². The monoisotopic (exact) mass is 276 g/mol. The fourth-order valence-corrected chi connectivity index (χ4v) is 2.90. The van der Waals surface area contributed by atoms with E-state index < -0.39 is 0 Å². The lowest BCUT2D eigenvalue weighted by Gasteiger charge is -2.15. The van der Waals surface area contributed by atoms with Crippen molar-refractivity contribution in [2.45, 2.75) is 23.8 Å². The largest absolute Gasteiger partial charge is 0.273 e. The highest BCUT2D eigenvalue weighted by molar-refractivity contribution is 7.99. The molecule has 0 aliphatic heterocycles. The van der Waals surface area contributed by atoms with E-state index >= 15 is 0 Å². The molecular formula is C14H20N4S. The van der Waals surface area contributed by atoms with Gasteiger partial charge in [-0.15, -0.1) is 11.8 Å². The van der Waals surface area contributed by atoms with Gasteiger partial charge in [-0.2, -0.15) is 5.10 Å². The number of aromatic nitrogens is 2. The van der Waals surface area contributed by atoms with Crippen LogP contribution in [0.25, 0.3) is 0 Å². The van der Waals surface area contributed by atoms with Crippen LogP contribution in [0.15, 0.2) is 47.5 Å². The van der Waals surface area contributed by atoms with E-state index in [1.807, 2.05) is 35.8 Å². The van der Waals surface area contributed by atoms with Crippen LogP contribution in [0, 0.1) is 0 Å². The Morgan fingerprint density at radius 3 is 2.74 bits per heavy atom. The van der Waals surface area contributed by atoms with E-state index in [2.05, 4.69) is 40.9 Å². The second-order valence-corrected chi connectivity index (χ2v) is 5.57. The molecule has 5 heteroatoms. The number of thioether (sulfide) groups is 1. The number of nitrogens with one attached hydrogen (secondary N) is 1. The van der Waals surface area contributed by atoms with Gasteiger partial charge in [-0.1, -0.05) is 18.2 Å². The number of nitrogens with two attached hydrogens (primary N) is 1. The summed E-state index contributed by atoms with van der Waals surface area (Å²) in [4.78, 5) is 1.28. The van der Waals surface area contributed by atoms with Gasteiger partial charge in [0.05, 0.1) is 0 Å². The number of hydrogen-bond acceptors (Lipinski definition) is 4. The lowest BCUT2D eigenvalue weighted by atomic mass is 10.1. The predicted octanol–water partition coefficient (Wildman–Crippen LogP) is 1.98. The van der Waals surface area contributed by atoms with Gasteiger partial charge in [-0.25, -0.2) is 0 Å². The Balaban J connectivity index is 1.79. The van der Waals surface area contributed by atoms with Crippen LogP contribution in [0.4, 0.5) is 0 Å². The van der Waals surface area contributed by atoms with E-state index in [1.165, 1.54) is 10.6 Å². The van der Waals surface area contributed by atoms with Crippen molar-refractivity contribution in [2.75, 3.05) is 5.75 Å². The van der Waals surface area contributed by atoms with E-state index in [9.17, 15) is 0 Å². The summed E-state index contributed by atoms with van der Waals surface area (Å²) in [5.41, 5.74) is 4.14. The molecule has 0 fully saturated rings. The summed E-state index contributed by atoms with van der Waals surface area (Å²) < 4.78 is 1.91. The molecule has 0 aliphatic rings. The highest BCUT2D eigenvalue weighted by Gasteiger charge is 2.09. The zero-order chi connectivity index (χ0) is 13.5. The van der Waals surface area contributed by atoms with Crippen LogP contribution < -0.4 is 11.3 Å². The van der Waals surface area contributed by atoms with Gasteiger partial charge in [0.1, 0.15) is 0 Å². The second-order valence-electron chi connectivity index (χ2n) is 4.47. The van der Waals surface area contributed by atoms with Crippen LogP contribution in [0.5, 0.6) is 0 Å². The molecule has 0 saturated carbocycles. The standard InChI is InChI=1S/C14H20N4S/c1-18-13(9-10-16-18)8-7-12(17-15)11-19-14-5-3-2-4-6-14/h2-6,9-10,12,17H,7-8,11,15H2,1H3. The number of rotatable bonds is 7. The first-order valence-electron chi connectivity index (χ1n) is 6.40. The fraction of sp³-hybridized carbons (Fsp3) is 0.357. The molecule has 2 rings (SSSR count). The van der Waals surface area contributed by atoms with Gasteiger partial charge in [-0.3, -0.25) is 16.0 Å². The molecule has 3 N–H and O–H groups in total. The Bertz CT molecular complexity index is 483. The molecule has 0 spiro atoms. The summed E-state index contributed by atoms with van der Waals surface area (Å²) in [7, 11) is 1.97. The molecule has 1 heterocycles. The van der Waals surface area contributed by atoms with Crippen molar-refractivity contribution < 1.29 is 0 Å². The maximum Gasteiger partial charge on any atom is 0.0492 e. The molecule has 0 bridgehead atoms. The molecular weight excluding hydrogens is 256 g/mol. The number of hydrogen-bond donors (Lipinski definition) is 2. The average Bonchev–Trinajstić information content (AvgIpc) is 2.86. The normalized spacial score (nSPS) is 12.5. The molecule has 19 heavy (non-hydrogen) atoms. The van der Waals surface area contributed by atoms with Gasteiger partial charge in [0.2, 0.25) is 0 Å². The Labute approximate surface area is 118 Å². The van der Waals surface area contributed by atoms with Gasteiger partial charge >= 0.3 is 0 Å². The highest BCUT2D eigenvalue weighted by atomic mass is 32.2. The molecule has 102 valence electrons. The summed E-state index contributed by atoms with van der Waals surface area (Å²) >= 11 is 1.83. The summed E-state index contributed by atoms with van der Waals surface area (Å²) in [6, 6.07) is 12.8. The van der Waals surface area contributed by atoms with Gasteiger partial charge in [0.15, 0.2) is 0 Å². The van der Waals surface area contributed by atoms with E-state index in [1.54, 1.807) is 0 Å². The van der Waals surface area contributed by atoms with Gasteiger partial charge < -0.3 is 0 Å². The lowest BCUT2D eigenvalue weighted by Crippen LogP contribution is -2.37. The van der Waals surface area contributed by atoms with Crippen molar-refractivity contribution in [2.24, 2.45) is 12.9 Å². The summed E-state index contributed by atoms with van der Waals surface area (Å²) in [5, 5.41) is 4.17. The summed E-state index contributed by atoms with van der Waals surface area (Å²) in [5.74, 6) is 6.60. The maximum atomic E-state index is 5.63. The first-order chi connectivity index (χ1) is 9.29. The minimum absolute atomic E-state index is 0.306. The van der Waals surface area contributed by atoms with Gasteiger partial charge in [0, 0.05) is 35.6 Å². The quantitative estimate of drug-likeness (QED) is 0.461. The number of aryl methyl sites for hydroxylation is 2. The van der Waals surface area contributed by atoms with Crippen LogP contribution >= 0.6 is 11.8 Å². The van der Waals surface area contributed by atoms with E-state index in [0.717, 1.165) is 18.6 Å². The van der Waals surface area contributed by atoms with Crippen LogP contribution in [0.2, 0.25) is 0 Å². The summed E-state index contributed by atoms with van der Waals surface area (Å²) in [6.45, 7) is 0. The molecule has 2 aromatic rings. The molecule has 1 atom stereocenters. The molecule has 4 nitrogen and oxygen atoms in total. The molecule has 0 saturated heterocycles. The molecule has 0 amide bonds. The van der Waals surface area contributed by atoms with Crippen LogP contribution in [-0.4, -0.2) is 21.6 Å². The predicted molar refractivity (Wildman–Crippen MR) is 79.8 cm³/mol. The third-order valence-electron chi connectivity index (χ3n) is 3.10. The zero-order valence-electron chi connectivity index (χ0n) is 11.1. The minimum atomic E-state index is 0.306. The Kier molecular flexibility index (Phi) is 5.44. The first kappa shape index (κ1) is 14.1. The Morgan fingerprint density at radius 2 is 2.11 bits per heavy atom.